The smallest absolute Gasteiger partial charge is 0.330 e. The third kappa shape index (κ3) is 3.12. The molecule has 0 fully saturated rings. The standard InChI is InChI=1S/C13H17N5O2/c1-8(2)9-6-4-5-7-10(9)20-13-16-11(18-14)15-12(17-13)19-3/h4-8H,14H2,1-3H3,(H,15,16,17,18). The van der Waals surface area contributed by atoms with Crippen LogP contribution in [0.3, 0.4) is 0 Å². The Morgan fingerprint density at radius 3 is 2.45 bits per heavy atom. The van der Waals surface area contributed by atoms with Gasteiger partial charge in [0.1, 0.15) is 5.75 Å². The van der Waals surface area contributed by atoms with Gasteiger partial charge in [-0.2, -0.15) is 9.97 Å². The molecule has 1 aromatic carbocycles. The molecule has 2 aromatic rings. The molecule has 7 nitrogen and oxygen atoms in total. The van der Waals surface area contributed by atoms with Gasteiger partial charge < -0.3 is 9.47 Å². The summed E-state index contributed by atoms with van der Waals surface area (Å²) in [6.07, 6.45) is 0. The van der Waals surface area contributed by atoms with Crippen LogP contribution < -0.4 is 20.7 Å². The van der Waals surface area contributed by atoms with Gasteiger partial charge in [0.25, 0.3) is 0 Å². The quantitative estimate of drug-likeness (QED) is 0.637. The van der Waals surface area contributed by atoms with Crippen LogP contribution in [0.4, 0.5) is 5.95 Å². The van der Waals surface area contributed by atoms with Crippen LogP contribution in [0.15, 0.2) is 24.3 Å². The van der Waals surface area contributed by atoms with Crippen LogP contribution in [0.25, 0.3) is 0 Å². The number of benzene rings is 1. The average Bonchev–Trinajstić information content (AvgIpc) is 2.47. The molecule has 0 aliphatic heterocycles. The zero-order valence-electron chi connectivity index (χ0n) is 11.6. The summed E-state index contributed by atoms with van der Waals surface area (Å²) in [6, 6.07) is 7.97. The van der Waals surface area contributed by atoms with Gasteiger partial charge in [0.15, 0.2) is 0 Å². The lowest BCUT2D eigenvalue weighted by Gasteiger charge is -2.12. The summed E-state index contributed by atoms with van der Waals surface area (Å²) < 4.78 is 10.7. The van der Waals surface area contributed by atoms with Crippen molar-refractivity contribution in [3.8, 4) is 17.8 Å². The topological polar surface area (TPSA) is 95.2 Å². The van der Waals surface area contributed by atoms with Crippen molar-refractivity contribution in [2.24, 2.45) is 5.84 Å². The minimum absolute atomic E-state index is 0.123. The summed E-state index contributed by atoms with van der Waals surface area (Å²) in [5.41, 5.74) is 3.41. The Morgan fingerprint density at radius 1 is 1.10 bits per heavy atom. The highest BCUT2D eigenvalue weighted by molar-refractivity contribution is 5.38. The molecule has 1 heterocycles. The zero-order chi connectivity index (χ0) is 14.5. The number of ether oxygens (including phenoxy) is 2. The number of hydrazine groups is 1. The van der Waals surface area contributed by atoms with Crippen molar-refractivity contribution >= 4 is 5.95 Å². The van der Waals surface area contributed by atoms with Gasteiger partial charge >= 0.3 is 12.0 Å². The largest absolute Gasteiger partial charge is 0.467 e. The number of nitrogen functional groups attached to an aromatic ring is 1. The summed E-state index contributed by atoms with van der Waals surface area (Å²) in [5, 5.41) is 0. The van der Waals surface area contributed by atoms with Crippen molar-refractivity contribution in [3.05, 3.63) is 29.8 Å². The first-order valence-corrected chi connectivity index (χ1v) is 6.17. The van der Waals surface area contributed by atoms with Crippen molar-refractivity contribution in [2.75, 3.05) is 12.5 Å². The Kier molecular flexibility index (Phi) is 4.31. The molecule has 0 saturated carbocycles. The molecule has 0 saturated heterocycles. The van der Waals surface area contributed by atoms with E-state index in [0.29, 0.717) is 11.7 Å². The van der Waals surface area contributed by atoms with Gasteiger partial charge in [-0.1, -0.05) is 32.0 Å². The van der Waals surface area contributed by atoms with Crippen LogP contribution in [0.2, 0.25) is 0 Å². The number of aromatic nitrogens is 3. The van der Waals surface area contributed by atoms with E-state index in [-0.39, 0.29) is 18.0 Å². The summed E-state index contributed by atoms with van der Waals surface area (Å²) in [5.74, 6) is 6.49. The summed E-state index contributed by atoms with van der Waals surface area (Å²) in [7, 11) is 1.46. The number of nitrogens with one attached hydrogen (secondary N) is 1. The highest BCUT2D eigenvalue weighted by Gasteiger charge is 2.12. The zero-order valence-corrected chi connectivity index (χ0v) is 11.6. The van der Waals surface area contributed by atoms with Crippen LogP contribution in [0.1, 0.15) is 25.3 Å². The molecule has 1 aromatic heterocycles. The monoisotopic (exact) mass is 275 g/mol. The first kappa shape index (κ1) is 14.0. The van der Waals surface area contributed by atoms with Crippen molar-refractivity contribution in [1.29, 1.82) is 0 Å². The van der Waals surface area contributed by atoms with Crippen molar-refractivity contribution in [1.82, 2.24) is 15.0 Å². The van der Waals surface area contributed by atoms with Gasteiger partial charge in [-0.15, -0.1) is 4.98 Å². The second-order valence-corrected chi connectivity index (χ2v) is 4.37. The highest BCUT2D eigenvalue weighted by Crippen LogP contribution is 2.29. The number of hydrogen-bond donors (Lipinski definition) is 2. The molecule has 0 aliphatic carbocycles. The first-order chi connectivity index (χ1) is 9.63. The number of nitrogens with zero attached hydrogens (tertiary/aromatic N) is 3. The SMILES string of the molecule is COc1nc(NN)nc(Oc2ccccc2C(C)C)n1. The van der Waals surface area contributed by atoms with Crippen molar-refractivity contribution in [2.45, 2.75) is 19.8 Å². The number of nitrogens with two attached hydrogens (primary N) is 1. The molecule has 0 spiro atoms. The van der Waals surface area contributed by atoms with Crippen molar-refractivity contribution < 1.29 is 9.47 Å². The summed E-state index contributed by atoms with van der Waals surface area (Å²) >= 11 is 0. The van der Waals surface area contributed by atoms with Crippen molar-refractivity contribution in [3.63, 3.8) is 0 Å². The molecule has 2 rings (SSSR count). The highest BCUT2D eigenvalue weighted by atomic mass is 16.5. The Morgan fingerprint density at radius 2 is 1.80 bits per heavy atom. The van der Waals surface area contributed by atoms with E-state index in [9.17, 15) is 0 Å². The van der Waals surface area contributed by atoms with Gasteiger partial charge in [-0.25, -0.2) is 5.84 Å². The molecule has 0 unspecified atom stereocenters. The van der Waals surface area contributed by atoms with Crippen LogP contribution >= 0.6 is 0 Å². The summed E-state index contributed by atoms with van der Waals surface area (Å²) in [6.45, 7) is 4.17. The average molecular weight is 275 g/mol. The number of rotatable bonds is 5. The molecule has 0 bridgehead atoms. The van der Waals surface area contributed by atoms with E-state index in [1.54, 1.807) is 0 Å². The normalized spacial score (nSPS) is 10.4. The molecule has 20 heavy (non-hydrogen) atoms. The Bertz CT molecular complexity index is 566. The second kappa shape index (κ2) is 6.16. The van der Waals surface area contributed by atoms with E-state index in [2.05, 4.69) is 34.2 Å². The third-order valence-electron chi connectivity index (χ3n) is 2.65. The van der Waals surface area contributed by atoms with Gasteiger partial charge in [0.05, 0.1) is 7.11 Å². The van der Waals surface area contributed by atoms with E-state index in [0.717, 1.165) is 5.56 Å². The molecule has 0 amide bonds. The van der Waals surface area contributed by atoms with E-state index in [1.165, 1.54) is 7.11 Å². The van der Waals surface area contributed by atoms with Gasteiger partial charge in [-0.3, -0.25) is 5.43 Å². The van der Waals surface area contributed by atoms with Gasteiger partial charge in [-0.05, 0) is 17.5 Å². The van der Waals surface area contributed by atoms with Crippen LogP contribution in [0, 0.1) is 0 Å². The lowest BCUT2D eigenvalue weighted by molar-refractivity contribution is 0.359. The third-order valence-corrected chi connectivity index (χ3v) is 2.65. The van der Waals surface area contributed by atoms with E-state index in [1.807, 2.05) is 24.3 Å². The number of para-hydroxylation sites is 1. The number of anilines is 1. The molecule has 106 valence electrons. The van der Waals surface area contributed by atoms with E-state index in [4.69, 9.17) is 15.3 Å². The minimum atomic E-state index is 0.123. The number of hydrogen-bond acceptors (Lipinski definition) is 7. The predicted molar refractivity (Wildman–Crippen MR) is 74.8 cm³/mol. The fourth-order valence-corrected chi connectivity index (χ4v) is 1.69. The maximum atomic E-state index is 5.72. The second-order valence-electron chi connectivity index (χ2n) is 4.37. The van der Waals surface area contributed by atoms with Crippen LogP contribution in [-0.4, -0.2) is 22.1 Å². The van der Waals surface area contributed by atoms with Gasteiger partial charge in [0, 0.05) is 0 Å². The Labute approximate surface area is 117 Å². The van der Waals surface area contributed by atoms with E-state index < -0.39 is 0 Å². The Balaban J connectivity index is 2.34. The van der Waals surface area contributed by atoms with E-state index >= 15 is 0 Å². The molecular formula is C13H17N5O2. The predicted octanol–water partition coefficient (Wildman–Crippen LogP) is 2.08. The molecule has 0 atom stereocenters. The molecular weight excluding hydrogens is 258 g/mol. The molecule has 0 radical (unpaired) electrons. The number of methoxy groups -OCH3 is 1. The van der Waals surface area contributed by atoms with Gasteiger partial charge in [0.2, 0.25) is 5.95 Å². The first-order valence-electron chi connectivity index (χ1n) is 6.17. The van der Waals surface area contributed by atoms with Crippen LogP contribution in [-0.2, 0) is 0 Å². The fraction of sp³-hybridized carbons (Fsp3) is 0.308. The minimum Gasteiger partial charge on any atom is -0.467 e. The maximum Gasteiger partial charge on any atom is 0.330 e. The molecule has 7 heteroatoms. The maximum absolute atomic E-state index is 5.72. The fourth-order valence-electron chi connectivity index (χ4n) is 1.69. The molecule has 0 aliphatic rings. The lowest BCUT2D eigenvalue weighted by atomic mass is 10.0. The van der Waals surface area contributed by atoms with Crippen LogP contribution in [0.5, 0.6) is 17.8 Å². The lowest BCUT2D eigenvalue weighted by Crippen LogP contribution is -2.12. The summed E-state index contributed by atoms with van der Waals surface area (Å²) in [4.78, 5) is 12.0. The molecule has 3 N–H and O–H groups in total. The Hall–Kier alpha value is -2.41.